The van der Waals surface area contributed by atoms with Gasteiger partial charge in [0.15, 0.2) is 0 Å². The third kappa shape index (κ3) is 2.71. The number of nitrogens with zero attached hydrogens (tertiary/aromatic N) is 2. The summed E-state index contributed by atoms with van der Waals surface area (Å²) in [6.45, 7) is 6.48. The van der Waals surface area contributed by atoms with Gasteiger partial charge in [-0.1, -0.05) is 12.1 Å². The highest BCUT2D eigenvalue weighted by molar-refractivity contribution is 5.88. The first-order valence-corrected chi connectivity index (χ1v) is 9.46. The molecule has 2 aromatic rings. The molecule has 5 heteroatoms. The zero-order valence-corrected chi connectivity index (χ0v) is 15.4. The normalized spacial score (nSPS) is 25.6. The number of H-pyrrole nitrogens is 1. The third-order valence-electron chi connectivity index (χ3n) is 6.10. The molecule has 0 radical (unpaired) electrons. The summed E-state index contributed by atoms with van der Waals surface area (Å²) in [6, 6.07) is 7.38. The highest BCUT2D eigenvalue weighted by Crippen LogP contribution is 2.42. The van der Waals surface area contributed by atoms with E-state index in [4.69, 9.17) is 0 Å². The van der Waals surface area contributed by atoms with E-state index in [2.05, 4.69) is 46.6 Å². The number of carbonyl (C=O) groups is 1. The van der Waals surface area contributed by atoms with E-state index in [1.54, 1.807) is 0 Å². The second-order valence-electron chi connectivity index (χ2n) is 7.46. The van der Waals surface area contributed by atoms with Crippen LogP contribution in [-0.4, -0.2) is 59.6 Å². The van der Waals surface area contributed by atoms with Crippen molar-refractivity contribution < 1.29 is 4.79 Å². The lowest BCUT2D eigenvalue weighted by Crippen LogP contribution is -2.56. The molecule has 1 aromatic carbocycles. The van der Waals surface area contributed by atoms with E-state index in [-0.39, 0.29) is 12.1 Å². The fraction of sp³-hybridized carbons (Fsp3) is 0.550. The Morgan fingerprint density at radius 3 is 2.92 bits per heavy atom. The maximum absolute atomic E-state index is 12.5. The van der Waals surface area contributed by atoms with Crippen LogP contribution in [0.15, 0.2) is 24.4 Å². The molecule has 0 spiro atoms. The van der Waals surface area contributed by atoms with Crippen molar-refractivity contribution in [1.29, 1.82) is 0 Å². The van der Waals surface area contributed by atoms with Crippen molar-refractivity contribution in [2.75, 3.05) is 26.7 Å². The highest BCUT2D eigenvalue weighted by Gasteiger charge is 2.39. The maximum Gasteiger partial charge on any atom is 0.317 e. The molecule has 1 saturated heterocycles. The Morgan fingerprint density at radius 2 is 2.16 bits per heavy atom. The summed E-state index contributed by atoms with van der Waals surface area (Å²) in [7, 11) is 2.20. The predicted molar refractivity (Wildman–Crippen MR) is 101 cm³/mol. The number of fused-ring (bicyclic) bond motifs is 2. The smallest absolute Gasteiger partial charge is 0.317 e. The second-order valence-corrected chi connectivity index (χ2v) is 7.46. The van der Waals surface area contributed by atoms with Gasteiger partial charge in [0, 0.05) is 54.7 Å². The number of urea groups is 1. The van der Waals surface area contributed by atoms with Gasteiger partial charge in [-0.25, -0.2) is 4.79 Å². The number of rotatable bonds is 3. The summed E-state index contributed by atoms with van der Waals surface area (Å²) >= 11 is 0. The first-order valence-electron chi connectivity index (χ1n) is 9.46. The number of likely N-dealkylation sites (N-methyl/N-ethyl adjacent to an activating group) is 1. The number of likely N-dealkylation sites (tertiary alicyclic amines) is 1. The Hall–Kier alpha value is -2.01. The minimum atomic E-state index is 0.0678. The zero-order valence-electron chi connectivity index (χ0n) is 15.4. The molecule has 1 aliphatic heterocycles. The summed E-state index contributed by atoms with van der Waals surface area (Å²) in [5.74, 6) is 0.479. The van der Waals surface area contributed by atoms with E-state index in [9.17, 15) is 4.79 Å². The van der Waals surface area contributed by atoms with Crippen molar-refractivity contribution in [2.24, 2.45) is 0 Å². The summed E-state index contributed by atoms with van der Waals surface area (Å²) in [5, 5.41) is 4.68. The number of carbonyl (C=O) groups excluding carboxylic acids is 1. The first kappa shape index (κ1) is 16.5. The Labute approximate surface area is 149 Å². The van der Waals surface area contributed by atoms with Crippen LogP contribution in [0.25, 0.3) is 10.9 Å². The fourth-order valence-electron chi connectivity index (χ4n) is 4.82. The number of nitrogens with one attached hydrogen (secondary N) is 2. The van der Waals surface area contributed by atoms with Gasteiger partial charge in [-0.15, -0.1) is 0 Å². The van der Waals surface area contributed by atoms with Crippen LogP contribution < -0.4 is 5.32 Å². The predicted octanol–water partition coefficient (Wildman–Crippen LogP) is 2.93. The first-order chi connectivity index (χ1) is 12.1. The Morgan fingerprint density at radius 1 is 1.36 bits per heavy atom. The van der Waals surface area contributed by atoms with E-state index in [1.165, 1.54) is 22.0 Å². The van der Waals surface area contributed by atoms with Crippen molar-refractivity contribution in [2.45, 2.75) is 44.7 Å². The molecular formula is C20H28N4O. The number of aromatic amines is 1. The van der Waals surface area contributed by atoms with Crippen LogP contribution in [0.2, 0.25) is 0 Å². The monoisotopic (exact) mass is 340 g/mol. The number of hydrogen-bond donors (Lipinski definition) is 2. The molecule has 0 bridgehead atoms. The molecule has 2 aliphatic rings. The van der Waals surface area contributed by atoms with Gasteiger partial charge in [0.05, 0.1) is 0 Å². The molecule has 4 rings (SSSR count). The molecule has 3 atom stereocenters. The van der Waals surface area contributed by atoms with Gasteiger partial charge in [-0.2, -0.15) is 0 Å². The fourth-order valence-corrected chi connectivity index (χ4v) is 4.82. The number of piperidine rings is 1. The van der Waals surface area contributed by atoms with Gasteiger partial charge in [-0.3, -0.25) is 0 Å². The molecule has 2 unspecified atom stereocenters. The SMILES string of the molecule is CCN(CC)C(=O)N[C@@H]1CC2c3cccc4[nH]cc(c34)CC2N(C)C1. The van der Waals surface area contributed by atoms with E-state index in [0.29, 0.717) is 12.0 Å². The second kappa shape index (κ2) is 6.37. The molecule has 2 heterocycles. The van der Waals surface area contributed by atoms with Crippen molar-refractivity contribution in [3.05, 3.63) is 35.5 Å². The lowest BCUT2D eigenvalue weighted by atomic mass is 9.74. The quantitative estimate of drug-likeness (QED) is 0.903. The molecule has 1 aromatic heterocycles. The van der Waals surface area contributed by atoms with Crippen molar-refractivity contribution in [3.63, 3.8) is 0 Å². The van der Waals surface area contributed by atoms with Gasteiger partial charge in [0.25, 0.3) is 0 Å². The van der Waals surface area contributed by atoms with Gasteiger partial charge < -0.3 is 20.1 Å². The van der Waals surface area contributed by atoms with E-state index in [1.807, 2.05) is 18.7 Å². The summed E-state index contributed by atoms with van der Waals surface area (Å²) < 4.78 is 0. The van der Waals surface area contributed by atoms with Crippen molar-refractivity contribution >= 4 is 16.9 Å². The van der Waals surface area contributed by atoms with Crippen LogP contribution >= 0.6 is 0 Å². The summed E-state index contributed by atoms with van der Waals surface area (Å²) in [4.78, 5) is 20.2. The topological polar surface area (TPSA) is 51.4 Å². The number of benzene rings is 1. The van der Waals surface area contributed by atoms with Crippen LogP contribution in [-0.2, 0) is 6.42 Å². The lowest BCUT2D eigenvalue weighted by Gasteiger charge is -2.45. The van der Waals surface area contributed by atoms with Crippen LogP contribution in [0, 0.1) is 0 Å². The van der Waals surface area contributed by atoms with Crippen LogP contribution in [0.5, 0.6) is 0 Å². The van der Waals surface area contributed by atoms with Crippen LogP contribution in [0.3, 0.4) is 0 Å². The standard InChI is InChI=1S/C20H28N4O/c1-4-24(5-2)20(25)22-14-10-16-15-7-6-8-17-19(15)13(11-21-17)9-18(16)23(3)12-14/h6-8,11,14,16,18,21H,4-5,9-10,12H2,1-3H3,(H,22,25)/t14-,16?,18?/m1/s1. The third-order valence-corrected chi connectivity index (χ3v) is 6.10. The Balaban J connectivity index is 1.60. The molecule has 1 fully saturated rings. The minimum Gasteiger partial charge on any atom is -0.361 e. The Kier molecular flexibility index (Phi) is 4.20. The summed E-state index contributed by atoms with van der Waals surface area (Å²) in [5.41, 5.74) is 4.12. The van der Waals surface area contributed by atoms with E-state index < -0.39 is 0 Å². The van der Waals surface area contributed by atoms with Gasteiger partial charge in [0.1, 0.15) is 0 Å². The molecule has 2 amide bonds. The van der Waals surface area contributed by atoms with Crippen LogP contribution in [0.4, 0.5) is 4.79 Å². The Bertz CT molecular complexity index is 779. The lowest BCUT2D eigenvalue weighted by molar-refractivity contribution is 0.124. The molecule has 5 nitrogen and oxygen atoms in total. The zero-order chi connectivity index (χ0) is 17.6. The number of amides is 2. The molecular weight excluding hydrogens is 312 g/mol. The van der Waals surface area contributed by atoms with Gasteiger partial charge >= 0.3 is 6.03 Å². The molecule has 25 heavy (non-hydrogen) atoms. The maximum atomic E-state index is 12.5. The number of aromatic nitrogens is 1. The molecule has 0 saturated carbocycles. The van der Waals surface area contributed by atoms with E-state index in [0.717, 1.165) is 32.5 Å². The average Bonchev–Trinajstić information content (AvgIpc) is 3.02. The number of hydrogen-bond acceptors (Lipinski definition) is 2. The average molecular weight is 340 g/mol. The van der Waals surface area contributed by atoms with Crippen LogP contribution in [0.1, 0.15) is 37.3 Å². The summed E-state index contributed by atoms with van der Waals surface area (Å²) in [6.07, 6.45) is 4.28. The minimum absolute atomic E-state index is 0.0678. The van der Waals surface area contributed by atoms with Gasteiger partial charge in [-0.05, 0) is 50.9 Å². The van der Waals surface area contributed by atoms with Crippen molar-refractivity contribution in [1.82, 2.24) is 20.1 Å². The van der Waals surface area contributed by atoms with Gasteiger partial charge in [0.2, 0.25) is 0 Å². The van der Waals surface area contributed by atoms with E-state index >= 15 is 0 Å². The molecule has 1 aliphatic carbocycles. The molecule has 2 N–H and O–H groups in total. The largest absolute Gasteiger partial charge is 0.361 e. The van der Waals surface area contributed by atoms with Crippen molar-refractivity contribution in [3.8, 4) is 0 Å². The molecule has 134 valence electrons. The highest BCUT2D eigenvalue weighted by atomic mass is 16.2.